The molecule has 3 rings (SSSR count). The normalized spacial score (nSPS) is 10.4. The van der Waals surface area contributed by atoms with E-state index < -0.39 is 5.97 Å². The van der Waals surface area contributed by atoms with Crippen molar-refractivity contribution in [2.75, 3.05) is 99.1 Å². The van der Waals surface area contributed by atoms with Gasteiger partial charge in [0.1, 0.15) is 19.8 Å². The first kappa shape index (κ1) is 65.1. The van der Waals surface area contributed by atoms with Gasteiger partial charge in [-0.3, -0.25) is 0 Å². The molecular weight excluding hydrogens is 1000 g/mol. The van der Waals surface area contributed by atoms with E-state index in [2.05, 4.69) is 63.2 Å². The Kier molecular flexibility index (Phi) is 37.5. The van der Waals surface area contributed by atoms with E-state index in [1.165, 1.54) is 12.5 Å². The summed E-state index contributed by atoms with van der Waals surface area (Å²) in [5, 5.41) is 0. The lowest BCUT2D eigenvalue weighted by molar-refractivity contribution is -0.286. The Bertz CT molecular complexity index is 2300. The quantitative estimate of drug-likeness (QED) is 0.00769. The van der Waals surface area contributed by atoms with Crippen molar-refractivity contribution in [3.05, 3.63) is 147 Å². The smallest absolute Gasteiger partial charge is 0.330 e. The number of hydrogen-bond acceptors (Lipinski definition) is 16. The van der Waals surface area contributed by atoms with E-state index in [0.717, 1.165) is 42.9 Å². The summed E-state index contributed by atoms with van der Waals surface area (Å²) in [6, 6.07) is 15.1. The Labute approximate surface area is 462 Å². The molecule has 0 aliphatic heterocycles. The molecule has 0 radical (unpaired) electrons. The molecule has 0 aliphatic rings. The first-order valence-corrected chi connectivity index (χ1v) is 26.5. The number of benzene rings is 3. The second kappa shape index (κ2) is 44.9. The van der Waals surface area contributed by atoms with Gasteiger partial charge in [0, 0.05) is 17.2 Å². The molecule has 0 saturated heterocycles. The van der Waals surface area contributed by atoms with Gasteiger partial charge >= 0.3 is 5.97 Å². The zero-order chi connectivity index (χ0) is 55.8. The maximum absolute atomic E-state index is 11.6. The highest BCUT2D eigenvalue weighted by atomic mass is 17.2. The predicted molar refractivity (Wildman–Crippen MR) is 299 cm³/mol. The Balaban J connectivity index is 1.95. The van der Waals surface area contributed by atoms with Crippen LogP contribution in [-0.2, 0) is 48.3 Å². The fourth-order valence-electron chi connectivity index (χ4n) is 6.48. The molecule has 78 heavy (non-hydrogen) atoms. The predicted octanol–water partition coefficient (Wildman–Crippen LogP) is 11.9. The van der Waals surface area contributed by atoms with Gasteiger partial charge in [0.25, 0.3) is 0 Å². The molecule has 0 amide bonds. The summed E-state index contributed by atoms with van der Waals surface area (Å²) in [7, 11) is 0. The van der Waals surface area contributed by atoms with Crippen molar-refractivity contribution in [2.45, 2.75) is 77.0 Å². The van der Waals surface area contributed by atoms with E-state index in [-0.39, 0.29) is 6.61 Å². The van der Waals surface area contributed by atoms with E-state index in [1.807, 2.05) is 48.5 Å². The van der Waals surface area contributed by atoms with Gasteiger partial charge in [0.2, 0.25) is 11.5 Å². The zero-order valence-corrected chi connectivity index (χ0v) is 45.4. The Morgan fingerprint density at radius 1 is 0.359 bits per heavy atom. The standard InChI is InChI=1S/C62H80O16/c1-7-37-73-76-49-22-19-43-67-57-36-34-54(59(69-45-18-17-44-68-58(63)10-4)62(57)72-48-21-24-51-78-75-39-9-3)31-29-52-25-27-53(28-26-52)30-32-55-33-35-56(66-42-15-13-40-64-11-5)61(71-47-16-14-41-65-12-6)60(55)70-46-20-23-50-77-74-38-8-2/h7-12,25-28,33-36H,1-6,13-24,37-51H2. The van der Waals surface area contributed by atoms with Gasteiger partial charge in [-0.1, -0.05) is 61.6 Å². The largest absolute Gasteiger partial charge is 0.502 e. The van der Waals surface area contributed by atoms with E-state index in [1.54, 1.807) is 18.2 Å². The number of hydrogen-bond donors (Lipinski definition) is 0. The van der Waals surface area contributed by atoms with Gasteiger partial charge in [0.05, 0.1) is 103 Å². The van der Waals surface area contributed by atoms with Gasteiger partial charge in [-0.15, -0.1) is 19.7 Å². The first-order chi connectivity index (χ1) is 38.5. The molecule has 0 N–H and O–H groups in total. The second-order valence-electron chi connectivity index (χ2n) is 16.6. The van der Waals surface area contributed by atoms with Crippen LogP contribution in [0, 0.1) is 23.7 Å². The Morgan fingerprint density at radius 2 is 0.692 bits per heavy atom. The van der Waals surface area contributed by atoms with E-state index in [9.17, 15) is 4.79 Å². The summed E-state index contributed by atoms with van der Waals surface area (Å²) in [5.41, 5.74) is 2.71. The van der Waals surface area contributed by atoms with Crippen molar-refractivity contribution in [1.82, 2.24) is 0 Å². The van der Waals surface area contributed by atoms with Crippen molar-refractivity contribution in [3.8, 4) is 58.2 Å². The summed E-state index contributed by atoms with van der Waals surface area (Å²) in [5.74, 6) is 15.6. The highest BCUT2D eigenvalue weighted by Crippen LogP contribution is 2.42. The summed E-state index contributed by atoms with van der Waals surface area (Å²) >= 11 is 0. The highest BCUT2D eigenvalue weighted by molar-refractivity contribution is 5.81. The van der Waals surface area contributed by atoms with Crippen molar-refractivity contribution < 1.29 is 76.8 Å². The third-order valence-electron chi connectivity index (χ3n) is 10.4. The summed E-state index contributed by atoms with van der Waals surface area (Å²) < 4.78 is 54.1. The maximum atomic E-state index is 11.6. The number of rotatable bonds is 48. The molecule has 0 heterocycles. The fourth-order valence-corrected chi connectivity index (χ4v) is 6.48. The van der Waals surface area contributed by atoms with Crippen LogP contribution in [0.2, 0.25) is 0 Å². The molecule has 424 valence electrons. The van der Waals surface area contributed by atoms with Crippen LogP contribution in [0.1, 0.15) is 99.3 Å². The summed E-state index contributed by atoms with van der Waals surface area (Å²) in [6.07, 6.45) is 17.2. The van der Waals surface area contributed by atoms with Gasteiger partial charge in [-0.2, -0.15) is 0 Å². The number of unbranched alkanes of at least 4 members (excludes halogenated alkanes) is 6. The molecule has 0 atom stereocenters. The summed E-state index contributed by atoms with van der Waals surface area (Å²) in [6.45, 7) is 27.2. The lowest BCUT2D eigenvalue weighted by Gasteiger charge is -2.18. The molecule has 16 heteroatoms. The molecule has 16 nitrogen and oxygen atoms in total. The number of ether oxygens (including phenoxy) is 9. The van der Waals surface area contributed by atoms with Crippen molar-refractivity contribution in [3.63, 3.8) is 0 Å². The molecule has 0 aliphatic carbocycles. The minimum absolute atomic E-state index is 0.228. The molecule has 3 aromatic rings. The Hall–Kier alpha value is -7.15. The van der Waals surface area contributed by atoms with Crippen molar-refractivity contribution in [2.24, 2.45) is 0 Å². The SMILES string of the molecule is C=CCOOCCCCOc1ccc(C#Cc2ccc(C#Cc3ccc(OCCCCOC=C)c(OCCCCOC=C)c3OCCCCOOCC=C)cc2)c(OCCCCOC(=O)C=C)c1OCCCCOOCC=C. The summed E-state index contributed by atoms with van der Waals surface area (Å²) in [4.78, 5) is 42.4. The molecule has 0 saturated carbocycles. The molecular formula is C62H80O16. The molecule has 0 unspecified atom stereocenters. The van der Waals surface area contributed by atoms with Gasteiger partial charge < -0.3 is 42.6 Å². The van der Waals surface area contributed by atoms with Gasteiger partial charge in [0.15, 0.2) is 23.0 Å². The number of esters is 1. The highest BCUT2D eigenvalue weighted by Gasteiger charge is 2.20. The monoisotopic (exact) mass is 1080 g/mol. The minimum atomic E-state index is -0.478. The average Bonchev–Trinajstić information content (AvgIpc) is 3.50. The lowest BCUT2D eigenvalue weighted by atomic mass is 10.1. The fraction of sp³-hybridized carbons (Fsp3) is 0.435. The molecule has 0 spiro atoms. The molecule has 0 fully saturated rings. The third-order valence-corrected chi connectivity index (χ3v) is 10.4. The third kappa shape index (κ3) is 29.4. The topological polar surface area (TPSA) is 156 Å². The second-order valence-corrected chi connectivity index (χ2v) is 16.6. The zero-order valence-electron chi connectivity index (χ0n) is 45.4. The van der Waals surface area contributed by atoms with Crippen LogP contribution in [0.25, 0.3) is 0 Å². The van der Waals surface area contributed by atoms with E-state index in [4.69, 9.17) is 72.0 Å². The molecule has 0 aromatic heterocycles. The van der Waals surface area contributed by atoms with E-state index >= 15 is 0 Å². The van der Waals surface area contributed by atoms with Crippen LogP contribution < -0.4 is 28.4 Å². The number of carbonyl (C=O) groups is 1. The van der Waals surface area contributed by atoms with Crippen LogP contribution in [0.4, 0.5) is 0 Å². The minimum Gasteiger partial charge on any atom is -0.502 e. The average molecular weight is 1080 g/mol. The van der Waals surface area contributed by atoms with Crippen LogP contribution in [0.3, 0.4) is 0 Å². The van der Waals surface area contributed by atoms with Gasteiger partial charge in [-0.25, -0.2) is 34.1 Å². The molecule has 0 bridgehead atoms. The lowest BCUT2D eigenvalue weighted by Crippen LogP contribution is -2.09. The van der Waals surface area contributed by atoms with Crippen LogP contribution in [0.15, 0.2) is 125 Å². The number of carbonyl (C=O) groups excluding carboxylic acids is 1. The van der Waals surface area contributed by atoms with Crippen molar-refractivity contribution in [1.29, 1.82) is 0 Å². The molecule has 3 aromatic carbocycles. The van der Waals surface area contributed by atoms with Crippen LogP contribution in [0.5, 0.6) is 34.5 Å². The van der Waals surface area contributed by atoms with Gasteiger partial charge in [-0.05, 0) is 126 Å². The Morgan fingerprint density at radius 3 is 1.05 bits per heavy atom. The van der Waals surface area contributed by atoms with E-state index in [0.29, 0.717) is 189 Å². The van der Waals surface area contributed by atoms with Crippen LogP contribution in [-0.4, -0.2) is 105 Å². The van der Waals surface area contributed by atoms with Crippen molar-refractivity contribution >= 4 is 5.97 Å². The van der Waals surface area contributed by atoms with Crippen LogP contribution >= 0.6 is 0 Å². The first-order valence-electron chi connectivity index (χ1n) is 26.5. The maximum Gasteiger partial charge on any atom is 0.330 e.